The molecule has 0 amide bonds. The van der Waals surface area contributed by atoms with Crippen LogP contribution in [0.25, 0.3) is 0 Å². The van der Waals surface area contributed by atoms with Crippen molar-refractivity contribution in [3.8, 4) is 0 Å². The highest BCUT2D eigenvalue weighted by Crippen LogP contribution is 2.20. The van der Waals surface area contributed by atoms with Crippen molar-refractivity contribution in [3.63, 3.8) is 0 Å². The van der Waals surface area contributed by atoms with Crippen LogP contribution in [-0.2, 0) is 16.6 Å². The standard InChI is InChI=1S/C13H20ClNOS/c1-13(2,3)12(15)9-17(16)8-10-6-4-5-7-11(10)14/h4-7,12H,8-9,15H2,1-3H3. The third kappa shape index (κ3) is 4.78. The summed E-state index contributed by atoms with van der Waals surface area (Å²) in [6.07, 6.45) is 0. The molecule has 1 aromatic carbocycles. The summed E-state index contributed by atoms with van der Waals surface area (Å²) < 4.78 is 12.0. The molecule has 0 bridgehead atoms. The van der Waals surface area contributed by atoms with Gasteiger partial charge in [0.15, 0.2) is 0 Å². The van der Waals surface area contributed by atoms with Crippen molar-refractivity contribution in [3.05, 3.63) is 34.9 Å². The number of halogens is 1. The summed E-state index contributed by atoms with van der Waals surface area (Å²) in [4.78, 5) is 0. The Kier molecular flexibility index (Phi) is 5.17. The number of rotatable bonds is 4. The second-order valence-electron chi connectivity index (χ2n) is 5.31. The van der Waals surface area contributed by atoms with Crippen molar-refractivity contribution in [2.24, 2.45) is 11.1 Å². The minimum absolute atomic E-state index is 0.0177. The first-order valence-electron chi connectivity index (χ1n) is 5.64. The molecule has 0 spiro atoms. The Morgan fingerprint density at radius 2 is 1.94 bits per heavy atom. The second-order valence-corrected chi connectivity index (χ2v) is 7.22. The van der Waals surface area contributed by atoms with Gasteiger partial charge in [0.2, 0.25) is 0 Å². The van der Waals surface area contributed by atoms with Gasteiger partial charge < -0.3 is 5.73 Å². The van der Waals surface area contributed by atoms with E-state index < -0.39 is 10.8 Å². The van der Waals surface area contributed by atoms with Crippen LogP contribution in [0.1, 0.15) is 26.3 Å². The molecule has 4 heteroatoms. The van der Waals surface area contributed by atoms with Crippen LogP contribution in [-0.4, -0.2) is 16.0 Å². The Balaban J connectivity index is 2.60. The third-order valence-electron chi connectivity index (χ3n) is 2.75. The highest BCUT2D eigenvalue weighted by atomic mass is 35.5. The highest BCUT2D eigenvalue weighted by Gasteiger charge is 2.22. The van der Waals surface area contributed by atoms with Gasteiger partial charge in [-0.1, -0.05) is 50.6 Å². The maximum atomic E-state index is 12.0. The van der Waals surface area contributed by atoms with Crippen molar-refractivity contribution in [2.45, 2.75) is 32.6 Å². The molecule has 96 valence electrons. The number of benzene rings is 1. The van der Waals surface area contributed by atoms with Gasteiger partial charge in [-0.15, -0.1) is 0 Å². The third-order valence-corrected chi connectivity index (χ3v) is 4.48. The molecule has 0 aliphatic carbocycles. The van der Waals surface area contributed by atoms with Crippen molar-refractivity contribution >= 4 is 22.4 Å². The van der Waals surface area contributed by atoms with E-state index in [0.29, 0.717) is 16.5 Å². The zero-order chi connectivity index (χ0) is 13.1. The van der Waals surface area contributed by atoms with Gasteiger partial charge in [0.25, 0.3) is 0 Å². The number of hydrogen-bond acceptors (Lipinski definition) is 2. The smallest absolute Gasteiger partial charge is 0.0501 e. The molecule has 17 heavy (non-hydrogen) atoms. The first kappa shape index (κ1) is 14.7. The molecule has 0 aromatic heterocycles. The van der Waals surface area contributed by atoms with Gasteiger partial charge in [0, 0.05) is 27.6 Å². The lowest BCUT2D eigenvalue weighted by atomic mass is 9.89. The highest BCUT2D eigenvalue weighted by molar-refractivity contribution is 7.84. The Labute approximate surface area is 111 Å². The lowest BCUT2D eigenvalue weighted by molar-refractivity contribution is 0.342. The van der Waals surface area contributed by atoms with Crippen LogP contribution >= 0.6 is 11.6 Å². The second kappa shape index (κ2) is 5.98. The van der Waals surface area contributed by atoms with Crippen LogP contribution in [0.15, 0.2) is 24.3 Å². The summed E-state index contributed by atoms with van der Waals surface area (Å²) in [6, 6.07) is 7.43. The summed E-state index contributed by atoms with van der Waals surface area (Å²) >= 11 is 6.03. The molecule has 0 fully saturated rings. The Hall–Kier alpha value is -0.380. The van der Waals surface area contributed by atoms with E-state index in [2.05, 4.69) is 20.8 Å². The van der Waals surface area contributed by atoms with Crippen molar-refractivity contribution in [1.82, 2.24) is 0 Å². The molecule has 1 rings (SSSR count). The quantitative estimate of drug-likeness (QED) is 0.917. The normalized spacial score (nSPS) is 15.6. The van der Waals surface area contributed by atoms with E-state index in [1.807, 2.05) is 24.3 Å². The van der Waals surface area contributed by atoms with Gasteiger partial charge in [0.1, 0.15) is 0 Å². The van der Waals surface area contributed by atoms with E-state index in [1.54, 1.807) is 0 Å². The summed E-state index contributed by atoms with van der Waals surface area (Å²) in [5.41, 5.74) is 6.92. The Morgan fingerprint density at radius 3 is 2.47 bits per heavy atom. The molecule has 0 heterocycles. The fourth-order valence-corrected chi connectivity index (χ4v) is 3.20. The van der Waals surface area contributed by atoms with Crippen molar-refractivity contribution in [1.29, 1.82) is 0 Å². The van der Waals surface area contributed by atoms with E-state index in [9.17, 15) is 4.21 Å². The lowest BCUT2D eigenvalue weighted by Gasteiger charge is -2.26. The molecule has 1 aromatic rings. The minimum Gasteiger partial charge on any atom is -0.326 e. The van der Waals surface area contributed by atoms with Gasteiger partial charge in [-0.25, -0.2) is 0 Å². The van der Waals surface area contributed by atoms with Crippen LogP contribution in [0, 0.1) is 5.41 Å². The van der Waals surface area contributed by atoms with E-state index in [4.69, 9.17) is 17.3 Å². The average molecular weight is 274 g/mol. The summed E-state index contributed by atoms with van der Waals surface area (Å²) in [5, 5.41) is 0.671. The fourth-order valence-electron chi connectivity index (χ4n) is 1.30. The summed E-state index contributed by atoms with van der Waals surface area (Å²) in [5.74, 6) is 0.984. The van der Waals surface area contributed by atoms with Crippen LogP contribution in [0.2, 0.25) is 5.02 Å². The predicted molar refractivity (Wildman–Crippen MR) is 75.6 cm³/mol. The molecule has 0 aliphatic heterocycles. The Morgan fingerprint density at radius 1 is 1.35 bits per heavy atom. The molecule has 0 saturated carbocycles. The zero-order valence-electron chi connectivity index (χ0n) is 10.6. The van der Waals surface area contributed by atoms with Gasteiger partial charge in [-0.05, 0) is 17.0 Å². The van der Waals surface area contributed by atoms with Crippen LogP contribution in [0.3, 0.4) is 0 Å². The predicted octanol–water partition coefficient (Wildman–Crippen LogP) is 2.96. The monoisotopic (exact) mass is 273 g/mol. The number of hydrogen-bond donors (Lipinski definition) is 1. The summed E-state index contributed by atoms with van der Waals surface area (Å²) in [6.45, 7) is 6.18. The first-order valence-corrected chi connectivity index (χ1v) is 7.51. The molecular formula is C13H20ClNOS. The van der Waals surface area contributed by atoms with E-state index in [0.717, 1.165) is 5.56 Å². The lowest BCUT2D eigenvalue weighted by Crippen LogP contribution is -2.39. The van der Waals surface area contributed by atoms with Gasteiger partial charge in [-0.2, -0.15) is 0 Å². The van der Waals surface area contributed by atoms with Crippen LogP contribution in [0.4, 0.5) is 0 Å². The fraction of sp³-hybridized carbons (Fsp3) is 0.538. The average Bonchev–Trinajstić information content (AvgIpc) is 2.20. The van der Waals surface area contributed by atoms with E-state index in [-0.39, 0.29) is 11.5 Å². The van der Waals surface area contributed by atoms with E-state index in [1.165, 1.54) is 0 Å². The maximum absolute atomic E-state index is 12.0. The maximum Gasteiger partial charge on any atom is 0.0501 e. The van der Waals surface area contributed by atoms with Crippen molar-refractivity contribution in [2.75, 3.05) is 5.75 Å². The largest absolute Gasteiger partial charge is 0.326 e. The molecule has 0 aliphatic rings. The van der Waals surface area contributed by atoms with E-state index >= 15 is 0 Å². The summed E-state index contributed by atoms with van der Waals surface area (Å²) in [7, 11) is -0.967. The number of nitrogens with two attached hydrogens (primary N) is 1. The molecule has 2 N–H and O–H groups in total. The molecular weight excluding hydrogens is 254 g/mol. The molecule has 2 atom stereocenters. The Bertz CT molecular complexity index is 401. The van der Waals surface area contributed by atoms with Gasteiger partial charge in [-0.3, -0.25) is 4.21 Å². The first-order chi connectivity index (χ1) is 7.80. The molecule has 2 unspecified atom stereocenters. The topological polar surface area (TPSA) is 43.1 Å². The minimum atomic E-state index is -0.967. The molecule has 2 nitrogen and oxygen atoms in total. The zero-order valence-corrected chi connectivity index (χ0v) is 12.1. The van der Waals surface area contributed by atoms with Crippen molar-refractivity contribution < 1.29 is 4.21 Å². The molecule has 0 radical (unpaired) electrons. The van der Waals surface area contributed by atoms with Gasteiger partial charge in [0.05, 0.1) is 5.75 Å². The molecule has 0 saturated heterocycles. The van der Waals surface area contributed by atoms with Crippen LogP contribution in [0.5, 0.6) is 0 Å². The van der Waals surface area contributed by atoms with Crippen LogP contribution < -0.4 is 5.73 Å². The SMILES string of the molecule is CC(C)(C)C(N)CS(=O)Cc1ccccc1Cl. The van der Waals surface area contributed by atoms with Gasteiger partial charge >= 0.3 is 0 Å².